The second-order valence-electron chi connectivity index (χ2n) is 7.06. The summed E-state index contributed by atoms with van der Waals surface area (Å²) in [6.45, 7) is 3.36. The second kappa shape index (κ2) is 11.3. The highest BCUT2D eigenvalue weighted by Gasteiger charge is 2.21. The lowest BCUT2D eigenvalue weighted by Crippen LogP contribution is -2.36. The number of hydrogen-bond donors (Lipinski definition) is 0. The first-order valence-electron chi connectivity index (χ1n) is 10.2. The van der Waals surface area contributed by atoms with Crippen LogP contribution >= 0.6 is 35.3 Å². The summed E-state index contributed by atoms with van der Waals surface area (Å²) in [5.74, 6) is 0.478. The summed E-state index contributed by atoms with van der Waals surface area (Å²) in [7, 11) is 0. The van der Waals surface area contributed by atoms with Crippen LogP contribution in [-0.4, -0.2) is 33.6 Å². The minimum atomic E-state index is -0.127. The van der Waals surface area contributed by atoms with Gasteiger partial charge in [-0.15, -0.1) is 12.4 Å². The van der Waals surface area contributed by atoms with Gasteiger partial charge in [0.25, 0.3) is 5.91 Å². The molecule has 4 rings (SSSR count). The van der Waals surface area contributed by atoms with Gasteiger partial charge in [0.2, 0.25) is 0 Å². The van der Waals surface area contributed by atoms with Gasteiger partial charge in [0, 0.05) is 30.5 Å². The molecule has 9 heteroatoms. The third kappa shape index (κ3) is 5.79. The van der Waals surface area contributed by atoms with Gasteiger partial charge in [0.1, 0.15) is 5.75 Å². The molecule has 0 spiro atoms. The summed E-state index contributed by atoms with van der Waals surface area (Å²) in [6, 6.07) is 13.2. The Balaban J connectivity index is 0.00000289. The predicted octanol–water partition coefficient (Wildman–Crippen LogP) is 5.63. The SMILES string of the molecule is CCc1cccc2sc(N(CCCn3ccnc3)C(=O)COc3ccc(Cl)cc3)nc12.Cl. The van der Waals surface area contributed by atoms with Gasteiger partial charge in [-0.05, 0) is 48.7 Å². The van der Waals surface area contributed by atoms with Crippen LogP contribution in [0.25, 0.3) is 10.2 Å². The fourth-order valence-corrected chi connectivity index (χ4v) is 4.49. The van der Waals surface area contributed by atoms with Crippen molar-refractivity contribution in [3.63, 3.8) is 0 Å². The number of carbonyl (C=O) groups is 1. The molecule has 0 saturated heterocycles. The molecule has 6 nitrogen and oxygen atoms in total. The van der Waals surface area contributed by atoms with E-state index < -0.39 is 0 Å². The largest absolute Gasteiger partial charge is 0.484 e. The number of para-hydroxylation sites is 1. The zero-order chi connectivity index (χ0) is 21.6. The van der Waals surface area contributed by atoms with Crippen molar-refractivity contribution in [2.24, 2.45) is 0 Å². The van der Waals surface area contributed by atoms with Crippen LogP contribution in [0, 0.1) is 0 Å². The third-order valence-electron chi connectivity index (χ3n) is 4.94. The summed E-state index contributed by atoms with van der Waals surface area (Å²) in [5, 5.41) is 1.33. The molecule has 0 aliphatic rings. The number of amides is 1. The molecule has 4 aromatic rings. The normalized spacial score (nSPS) is 10.7. The fraction of sp³-hybridized carbons (Fsp3) is 0.261. The number of ether oxygens (including phenoxy) is 1. The van der Waals surface area contributed by atoms with E-state index in [0.29, 0.717) is 22.4 Å². The van der Waals surface area contributed by atoms with Gasteiger partial charge in [-0.25, -0.2) is 9.97 Å². The first-order valence-corrected chi connectivity index (χ1v) is 11.4. The molecular weight excluding hydrogens is 467 g/mol. The van der Waals surface area contributed by atoms with E-state index in [0.717, 1.165) is 29.6 Å². The van der Waals surface area contributed by atoms with E-state index in [1.54, 1.807) is 41.7 Å². The Labute approximate surface area is 202 Å². The topological polar surface area (TPSA) is 60.2 Å². The number of aryl methyl sites for hydroxylation is 2. The van der Waals surface area contributed by atoms with Crippen LogP contribution in [0.2, 0.25) is 5.02 Å². The van der Waals surface area contributed by atoms with Crippen LogP contribution in [0.1, 0.15) is 18.9 Å². The van der Waals surface area contributed by atoms with E-state index in [9.17, 15) is 4.79 Å². The minimum Gasteiger partial charge on any atom is -0.484 e. The maximum atomic E-state index is 13.1. The molecule has 0 aliphatic heterocycles. The molecule has 0 atom stereocenters. The molecule has 0 aliphatic carbocycles. The summed E-state index contributed by atoms with van der Waals surface area (Å²) in [6.07, 6.45) is 7.12. The van der Waals surface area contributed by atoms with E-state index in [1.807, 2.05) is 22.9 Å². The monoisotopic (exact) mass is 490 g/mol. The van der Waals surface area contributed by atoms with Crippen LogP contribution in [0.3, 0.4) is 0 Å². The first kappa shape index (κ1) is 24.0. The number of carbonyl (C=O) groups excluding carboxylic acids is 1. The molecule has 0 saturated carbocycles. The Bertz CT molecular complexity index is 1150. The zero-order valence-electron chi connectivity index (χ0n) is 17.6. The maximum Gasteiger partial charge on any atom is 0.266 e. The lowest BCUT2D eigenvalue weighted by molar-refractivity contribution is -0.120. The van der Waals surface area contributed by atoms with Gasteiger partial charge < -0.3 is 9.30 Å². The number of anilines is 1. The van der Waals surface area contributed by atoms with Crippen molar-refractivity contribution in [3.8, 4) is 5.75 Å². The standard InChI is InChI=1S/C23H23ClN4O2S.ClH/c1-2-17-5-3-6-20-22(17)26-23(31-20)28(13-4-12-27-14-11-25-16-27)21(29)15-30-19-9-7-18(24)8-10-19;/h3,5-11,14,16H,2,4,12-13,15H2,1H3;1H. The summed E-state index contributed by atoms with van der Waals surface area (Å²) in [5.41, 5.74) is 2.15. The second-order valence-corrected chi connectivity index (χ2v) is 8.50. The number of aromatic nitrogens is 3. The van der Waals surface area contributed by atoms with Crippen LogP contribution in [-0.2, 0) is 17.8 Å². The molecule has 2 aromatic carbocycles. The Morgan fingerprint density at radius 1 is 1.22 bits per heavy atom. The van der Waals surface area contributed by atoms with Gasteiger partial charge in [0.15, 0.2) is 11.7 Å². The highest BCUT2D eigenvalue weighted by atomic mass is 35.5. The maximum absolute atomic E-state index is 13.1. The van der Waals surface area contributed by atoms with E-state index in [1.165, 1.54) is 16.9 Å². The van der Waals surface area contributed by atoms with E-state index in [4.69, 9.17) is 21.3 Å². The molecule has 0 N–H and O–H groups in total. The third-order valence-corrected chi connectivity index (χ3v) is 6.23. The van der Waals surface area contributed by atoms with Gasteiger partial charge in [-0.3, -0.25) is 9.69 Å². The van der Waals surface area contributed by atoms with E-state index in [-0.39, 0.29) is 24.9 Å². The van der Waals surface area contributed by atoms with Crippen molar-refractivity contribution in [3.05, 3.63) is 71.8 Å². The zero-order valence-corrected chi connectivity index (χ0v) is 20.0. The number of benzene rings is 2. The Kier molecular flexibility index (Phi) is 8.50. The lowest BCUT2D eigenvalue weighted by Gasteiger charge is -2.20. The van der Waals surface area contributed by atoms with Crippen LogP contribution in [0.4, 0.5) is 5.13 Å². The van der Waals surface area contributed by atoms with E-state index >= 15 is 0 Å². The number of hydrogen-bond acceptors (Lipinski definition) is 5. The van der Waals surface area contributed by atoms with Crippen LogP contribution in [0.15, 0.2) is 61.2 Å². The van der Waals surface area contributed by atoms with Gasteiger partial charge in [-0.2, -0.15) is 0 Å². The van der Waals surface area contributed by atoms with Crippen LogP contribution < -0.4 is 9.64 Å². The first-order chi connectivity index (χ1) is 15.1. The Morgan fingerprint density at radius 2 is 2.03 bits per heavy atom. The van der Waals surface area contributed by atoms with Crippen molar-refractivity contribution >= 4 is 56.6 Å². The highest BCUT2D eigenvalue weighted by Crippen LogP contribution is 2.31. The average Bonchev–Trinajstić information content (AvgIpc) is 3.45. The van der Waals surface area contributed by atoms with E-state index in [2.05, 4.69) is 18.0 Å². The summed E-state index contributed by atoms with van der Waals surface area (Å²) < 4.78 is 8.79. The number of rotatable bonds is 9. The van der Waals surface area contributed by atoms with Crippen molar-refractivity contribution in [2.45, 2.75) is 26.3 Å². The smallest absolute Gasteiger partial charge is 0.266 e. The molecule has 0 bridgehead atoms. The molecule has 2 heterocycles. The van der Waals surface area contributed by atoms with Gasteiger partial charge in [0.05, 0.1) is 16.5 Å². The molecule has 1 amide bonds. The summed E-state index contributed by atoms with van der Waals surface area (Å²) >= 11 is 7.46. The van der Waals surface area contributed by atoms with Gasteiger partial charge in [-0.1, -0.05) is 42.0 Å². The Hall–Kier alpha value is -2.61. The molecule has 0 unspecified atom stereocenters. The molecule has 0 fully saturated rings. The minimum absolute atomic E-state index is 0. The Morgan fingerprint density at radius 3 is 2.75 bits per heavy atom. The summed E-state index contributed by atoms with van der Waals surface area (Å²) in [4.78, 5) is 23.8. The molecular formula is C23H24Cl2N4O2S. The molecule has 168 valence electrons. The fourth-order valence-electron chi connectivity index (χ4n) is 3.31. The number of fused-ring (bicyclic) bond motifs is 1. The van der Waals surface area contributed by atoms with Crippen molar-refractivity contribution in [1.82, 2.24) is 14.5 Å². The average molecular weight is 491 g/mol. The van der Waals surface area contributed by atoms with Crippen molar-refractivity contribution in [1.29, 1.82) is 0 Å². The number of nitrogens with zero attached hydrogens (tertiary/aromatic N) is 4. The van der Waals surface area contributed by atoms with Crippen LogP contribution in [0.5, 0.6) is 5.75 Å². The number of halogens is 2. The van der Waals surface area contributed by atoms with Gasteiger partial charge >= 0.3 is 0 Å². The highest BCUT2D eigenvalue weighted by molar-refractivity contribution is 7.22. The number of thiazole rings is 1. The molecule has 0 radical (unpaired) electrons. The lowest BCUT2D eigenvalue weighted by atomic mass is 10.1. The number of imidazole rings is 1. The predicted molar refractivity (Wildman–Crippen MR) is 132 cm³/mol. The van der Waals surface area contributed by atoms with Crippen molar-refractivity contribution in [2.75, 3.05) is 18.1 Å². The molecule has 32 heavy (non-hydrogen) atoms. The molecule has 2 aromatic heterocycles. The van der Waals surface area contributed by atoms with Crippen molar-refractivity contribution < 1.29 is 9.53 Å². The quantitative estimate of drug-likeness (QED) is 0.304.